The second-order valence-electron chi connectivity index (χ2n) is 5.49. The molecule has 2 nitrogen and oxygen atoms in total. The van der Waals surface area contributed by atoms with E-state index in [4.69, 9.17) is 4.74 Å². The van der Waals surface area contributed by atoms with Gasteiger partial charge in [0, 0.05) is 0 Å². The van der Waals surface area contributed by atoms with E-state index in [1.165, 1.54) is 28.7 Å². The number of rotatable bonds is 6. The Labute approximate surface area is 141 Å². The lowest BCUT2D eigenvalue weighted by atomic mass is 10.1. The van der Waals surface area contributed by atoms with Crippen LogP contribution in [0.3, 0.4) is 0 Å². The molecule has 2 aromatic rings. The molecule has 0 N–H and O–H groups in total. The molecule has 0 fully saturated rings. The summed E-state index contributed by atoms with van der Waals surface area (Å²) < 4.78 is 4.78. The van der Waals surface area contributed by atoms with Crippen molar-refractivity contribution in [3.05, 3.63) is 70.6 Å². The van der Waals surface area contributed by atoms with Gasteiger partial charge in [0.15, 0.2) is 4.90 Å². The van der Waals surface area contributed by atoms with Crippen molar-refractivity contribution < 1.29 is 9.53 Å². The van der Waals surface area contributed by atoms with Crippen molar-refractivity contribution >= 4 is 22.9 Å². The van der Waals surface area contributed by atoms with Crippen LogP contribution in [0, 0.1) is 13.8 Å². The van der Waals surface area contributed by atoms with Crippen LogP contribution in [-0.4, -0.2) is 18.8 Å². The first-order chi connectivity index (χ1) is 11.1. The number of aryl methyl sites for hydroxylation is 2. The highest BCUT2D eigenvalue weighted by molar-refractivity contribution is 7.99. The Balaban J connectivity index is 2.18. The fraction of sp³-hybridized carbons (Fsp3) is 0.250. The number of hydrogen-bond donors (Lipinski definition) is 0. The molecule has 0 heterocycles. The minimum atomic E-state index is -0.154. The second-order valence-corrected chi connectivity index (χ2v) is 7.50. The first-order valence-corrected chi connectivity index (χ1v) is 9.12. The van der Waals surface area contributed by atoms with Crippen LogP contribution in [0.25, 0.3) is 6.08 Å². The Morgan fingerprint density at radius 1 is 1.09 bits per heavy atom. The van der Waals surface area contributed by atoms with E-state index in [0.717, 1.165) is 5.75 Å². The van der Waals surface area contributed by atoms with Crippen LogP contribution in [0.4, 0.5) is 0 Å². The van der Waals surface area contributed by atoms with E-state index >= 15 is 0 Å². The second kappa shape index (κ2) is 8.59. The van der Waals surface area contributed by atoms with Gasteiger partial charge in [0.25, 0.3) is 0 Å². The molecule has 0 spiro atoms. The fourth-order valence-corrected chi connectivity index (χ4v) is 3.93. The summed E-state index contributed by atoms with van der Waals surface area (Å²) in [6.45, 7) is 4.17. The monoisotopic (exact) mass is 327 g/mol. The van der Waals surface area contributed by atoms with Gasteiger partial charge < -0.3 is 4.74 Å². The van der Waals surface area contributed by atoms with Crippen LogP contribution in [0.15, 0.2) is 58.8 Å². The molecular formula is C20H23O2S+. The normalized spacial score (nSPS) is 12.3. The van der Waals surface area contributed by atoms with Crippen molar-refractivity contribution in [1.82, 2.24) is 0 Å². The van der Waals surface area contributed by atoms with E-state index < -0.39 is 0 Å². The van der Waals surface area contributed by atoms with Crippen LogP contribution < -0.4 is 0 Å². The number of carbonyl (C=O) groups excluding carboxylic acids is 1. The maximum atomic E-state index is 11.5. The van der Waals surface area contributed by atoms with E-state index in [9.17, 15) is 4.79 Å². The third kappa shape index (κ3) is 5.61. The third-order valence-electron chi connectivity index (χ3n) is 3.54. The molecule has 0 aliphatic rings. The van der Waals surface area contributed by atoms with Crippen molar-refractivity contribution in [3.8, 4) is 0 Å². The molecule has 0 saturated heterocycles. The summed E-state index contributed by atoms with van der Waals surface area (Å²) in [6.07, 6.45) is 2.58. The van der Waals surface area contributed by atoms with E-state index in [2.05, 4.69) is 73.9 Å². The standard InChI is InChI=1S/C20H23O2S/c1-16-7-9-19(10-8-16)23(14-12-20(21)22-3)13-11-18-6-4-5-17(2)15-18/h4-11,13,15H,12,14H2,1-3H3/q+1/b13-11+. The minimum absolute atomic E-state index is 0.107. The highest BCUT2D eigenvalue weighted by atomic mass is 32.2. The zero-order valence-electron chi connectivity index (χ0n) is 13.9. The summed E-state index contributed by atoms with van der Waals surface area (Å²) in [7, 11) is 1.33. The first-order valence-electron chi connectivity index (χ1n) is 7.66. The molecule has 1 unspecified atom stereocenters. The molecule has 120 valence electrons. The van der Waals surface area contributed by atoms with Crippen LogP contribution in [-0.2, 0) is 20.4 Å². The highest BCUT2D eigenvalue weighted by Gasteiger charge is 2.20. The van der Waals surface area contributed by atoms with Crippen molar-refractivity contribution in [3.63, 3.8) is 0 Å². The number of esters is 1. The van der Waals surface area contributed by atoms with Crippen LogP contribution >= 0.6 is 0 Å². The molecule has 1 atom stereocenters. The van der Waals surface area contributed by atoms with Gasteiger partial charge in [0.2, 0.25) is 0 Å². The highest BCUT2D eigenvalue weighted by Crippen LogP contribution is 2.19. The average molecular weight is 327 g/mol. The Hall–Kier alpha value is -2.00. The maximum absolute atomic E-state index is 11.5. The molecule has 0 aromatic heterocycles. The van der Waals surface area contributed by atoms with Gasteiger partial charge in [-0.3, -0.25) is 4.79 Å². The molecule has 0 amide bonds. The molecule has 0 saturated carbocycles. The quantitative estimate of drug-likeness (QED) is 0.576. The summed E-state index contributed by atoms with van der Waals surface area (Å²) in [6, 6.07) is 16.9. The summed E-state index contributed by atoms with van der Waals surface area (Å²) in [4.78, 5) is 12.7. The van der Waals surface area contributed by atoms with Gasteiger partial charge in [-0.15, -0.1) is 0 Å². The number of hydrogen-bond acceptors (Lipinski definition) is 2. The molecule has 0 aliphatic heterocycles. The summed E-state index contributed by atoms with van der Waals surface area (Å²) in [5.41, 5.74) is 3.68. The minimum Gasteiger partial charge on any atom is -0.469 e. The largest absolute Gasteiger partial charge is 0.469 e. The number of methoxy groups -OCH3 is 1. The van der Waals surface area contributed by atoms with Crippen molar-refractivity contribution in [2.45, 2.75) is 25.2 Å². The lowest BCUT2D eigenvalue weighted by Crippen LogP contribution is -2.11. The number of ether oxygens (including phenoxy) is 1. The van der Waals surface area contributed by atoms with Crippen molar-refractivity contribution in [2.24, 2.45) is 0 Å². The Morgan fingerprint density at radius 3 is 2.48 bits per heavy atom. The van der Waals surface area contributed by atoms with Crippen LogP contribution in [0.1, 0.15) is 23.1 Å². The van der Waals surface area contributed by atoms with Crippen molar-refractivity contribution in [1.29, 1.82) is 0 Å². The Morgan fingerprint density at radius 2 is 1.83 bits per heavy atom. The molecule has 3 heteroatoms. The Bertz CT molecular complexity index is 674. The zero-order chi connectivity index (χ0) is 16.7. The number of benzene rings is 2. The van der Waals surface area contributed by atoms with Gasteiger partial charge in [0.05, 0.1) is 24.4 Å². The molecule has 0 bridgehead atoms. The molecular weight excluding hydrogens is 304 g/mol. The average Bonchev–Trinajstić information content (AvgIpc) is 2.56. The van der Waals surface area contributed by atoms with Gasteiger partial charge in [-0.2, -0.15) is 0 Å². The SMILES string of the molecule is COC(=O)CC[S+](/C=C/c1cccc(C)c1)c1ccc(C)cc1. The Kier molecular flexibility index (Phi) is 6.48. The van der Waals surface area contributed by atoms with E-state index in [0.29, 0.717) is 6.42 Å². The topological polar surface area (TPSA) is 26.3 Å². The van der Waals surface area contributed by atoms with E-state index in [1.807, 2.05) is 0 Å². The maximum Gasteiger partial charge on any atom is 0.310 e. The van der Waals surface area contributed by atoms with Gasteiger partial charge >= 0.3 is 5.97 Å². The molecule has 23 heavy (non-hydrogen) atoms. The van der Waals surface area contributed by atoms with Gasteiger partial charge in [-0.1, -0.05) is 47.5 Å². The molecule has 0 radical (unpaired) electrons. The summed E-state index contributed by atoms with van der Waals surface area (Å²) in [5.74, 6) is 0.622. The summed E-state index contributed by atoms with van der Waals surface area (Å²) >= 11 is 0. The van der Waals surface area contributed by atoms with Gasteiger partial charge in [0.1, 0.15) is 11.2 Å². The van der Waals surface area contributed by atoms with E-state index in [1.54, 1.807) is 0 Å². The van der Waals surface area contributed by atoms with E-state index in [-0.39, 0.29) is 16.9 Å². The molecule has 2 rings (SSSR count). The summed E-state index contributed by atoms with van der Waals surface area (Å²) in [5, 5.41) is 2.21. The van der Waals surface area contributed by atoms with Gasteiger partial charge in [-0.05, 0) is 37.6 Å². The number of carbonyl (C=O) groups is 1. The van der Waals surface area contributed by atoms with Gasteiger partial charge in [-0.25, -0.2) is 0 Å². The molecule has 2 aromatic carbocycles. The van der Waals surface area contributed by atoms with Crippen LogP contribution in [0.2, 0.25) is 0 Å². The predicted molar refractivity (Wildman–Crippen MR) is 98.5 cm³/mol. The van der Waals surface area contributed by atoms with Crippen molar-refractivity contribution in [2.75, 3.05) is 12.9 Å². The third-order valence-corrected chi connectivity index (χ3v) is 5.53. The lowest BCUT2D eigenvalue weighted by Gasteiger charge is -2.04. The first kappa shape index (κ1) is 17.4. The fourth-order valence-electron chi connectivity index (χ4n) is 2.21. The predicted octanol–water partition coefficient (Wildman–Crippen LogP) is 4.51. The molecule has 0 aliphatic carbocycles. The van der Waals surface area contributed by atoms with Crippen LogP contribution in [0.5, 0.6) is 0 Å². The lowest BCUT2D eigenvalue weighted by molar-refractivity contribution is -0.140. The smallest absolute Gasteiger partial charge is 0.310 e. The zero-order valence-corrected chi connectivity index (χ0v) is 14.7.